The zero-order valence-corrected chi connectivity index (χ0v) is 12.9. The van der Waals surface area contributed by atoms with Gasteiger partial charge in [-0.15, -0.1) is 0 Å². The third kappa shape index (κ3) is 3.12. The minimum Gasteiger partial charge on any atom is -0.306 e. The van der Waals surface area contributed by atoms with Crippen LogP contribution in [-0.2, 0) is 0 Å². The van der Waals surface area contributed by atoms with Crippen LogP contribution in [0.5, 0.6) is 0 Å². The lowest BCUT2D eigenvalue weighted by Crippen LogP contribution is -2.30. The van der Waals surface area contributed by atoms with E-state index in [1.54, 1.807) is 0 Å². The lowest BCUT2D eigenvalue weighted by Gasteiger charge is -2.13. The van der Waals surface area contributed by atoms with Crippen LogP contribution in [0.3, 0.4) is 0 Å². The fourth-order valence-electron chi connectivity index (χ4n) is 2.42. The minimum atomic E-state index is -0.220. The number of carbonyl (C=O) groups excluding carboxylic acids is 1. The molecule has 1 aliphatic heterocycles. The summed E-state index contributed by atoms with van der Waals surface area (Å²) in [5.41, 5.74) is 2.65. The predicted molar refractivity (Wildman–Crippen MR) is 89.3 cm³/mol. The molecule has 1 N–H and O–H groups in total. The van der Waals surface area contributed by atoms with Gasteiger partial charge in [-0.1, -0.05) is 48.9 Å². The maximum Gasteiger partial charge on any atom is 0.342 e. The largest absolute Gasteiger partial charge is 0.342 e. The van der Waals surface area contributed by atoms with Crippen LogP contribution in [0.2, 0.25) is 5.02 Å². The van der Waals surface area contributed by atoms with Crippen LogP contribution < -0.4 is 5.32 Å². The van der Waals surface area contributed by atoms with E-state index >= 15 is 0 Å². The van der Waals surface area contributed by atoms with Crippen molar-refractivity contribution in [1.29, 1.82) is 0 Å². The topological polar surface area (TPSA) is 44.7 Å². The molecule has 0 aliphatic carbocycles. The standard InChI is InChI=1S/C17H16ClN3O/c1-12-11-21(17(22)19-15-5-3-2-4-6-15)20-16(12)13-7-9-14(18)10-8-13/h2-10,12H,11H2,1H3,(H,19,22). The summed E-state index contributed by atoms with van der Waals surface area (Å²) in [6.07, 6.45) is 0. The first-order valence-electron chi connectivity index (χ1n) is 7.11. The van der Waals surface area contributed by atoms with Crippen LogP contribution in [0.1, 0.15) is 12.5 Å². The number of urea groups is 1. The number of carbonyl (C=O) groups is 1. The van der Waals surface area contributed by atoms with Crippen molar-refractivity contribution in [2.75, 3.05) is 11.9 Å². The van der Waals surface area contributed by atoms with Crippen LogP contribution in [0.15, 0.2) is 59.7 Å². The lowest BCUT2D eigenvalue weighted by molar-refractivity contribution is 0.216. The molecule has 1 atom stereocenters. The number of benzene rings is 2. The molecule has 1 heterocycles. The van der Waals surface area contributed by atoms with Crippen molar-refractivity contribution in [3.05, 3.63) is 65.2 Å². The third-order valence-corrected chi connectivity index (χ3v) is 3.79. The van der Waals surface area contributed by atoms with Gasteiger partial charge < -0.3 is 5.32 Å². The molecule has 0 spiro atoms. The molecule has 1 aliphatic rings. The van der Waals surface area contributed by atoms with Gasteiger partial charge in [0.2, 0.25) is 0 Å². The van der Waals surface area contributed by atoms with Gasteiger partial charge in [0, 0.05) is 16.6 Å². The number of rotatable bonds is 2. The summed E-state index contributed by atoms with van der Waals surface area (Å²) in [7, 11) is 0. The van der Waals surface area contributed by atoms with Crippen molar-refractivity contribution in [3.8, 4) is 0 Å². The van der Waals surface area contributed by atoms with Crippen molar-refractivity contribution in [2.45, 2.75) is 6.92 Å². The van der Waals surface area contributed by atoms with E-state index in [1.165, 1.54) is 5.01 Å². The predicted octanol–water partition coefficient (Wildman–Crippen LogP) is 4.23. The quantitative estimate of drug-likeness (QED) is 0.886. The Morgan fingerprint density at radius 3 is 2.55 bits per heavy atom. The number of halogens is 1. The van der Waals surface area contributed by atoms with Crippen LogP contribution in [0.4, 0.5) is 10.5 Å². The van der Waals surface area contributed by atoms with Gasteiger partial charge in [0.25, 0.3) is 0 Å². The number of hydrogen-bond donors (Lipinski definition) is 1. The second-order valence-electron chi connectivity index (χ2n) is 5.27. The van der Waals surface area contributed by atoms with Crippen LogP contribution in [-0.4, -0.2) is 23.3 Å². The van der Waals surface area contributed by atoms with Crippen molar-refractivity contribution in [3.63, 3.8) is 0 Å². The molecule has 0 radical (unpaired) electrons. The Morgan fingerprint density at radius 2 is 1.86 bits per heavy atom. The second-order valence-corrected chi connectivity index (χ2v) is 5.71. The molecule has 2 aromatic rings. The minimum absolute atomic E-state index is 0.183. The number of amides is 2. The molecule has 0 saturated heterocycles. The Bertz CT molecular complexity index is 698. The molecule has 0 fully saturated rings. The van der Waals surface area contributed by atoms with Gasteiger partial charge in [-0.3, -0.25) is 0 Å². The molecular weight excluding hydrogens is 298 g/mol. The van der Waals surface area contributed by atoms with E-state index in [0.29, 0.717) is 11.6 Å². The van der Waals surface area contributed by atoms with E-state index in [1.807, 2.05) is 54.6 Å². The van der Waals surface area contributed by atoms with E-state index in [4.69, 9.17) is 11.6 Å². The fraction of sp³-hybridized carbons (Fsp3) is 0.176. The summed E-state index contributed by atoms with van der Waals surface area (Å²) in [5.74, 6) is 0.183. The summed E-state index contributed by atoms with van der Waals surface area (Å²) in [5, 5.41) is 9.47. The SMILES string of the molecule is CC1CN(C(=O)Nc2ccccc2)N=C1c1ccc(Cl)cc1. The number of nitrogens with one attached hydrogen (secondary N) is 1. The molecule has 4 nitrogen and oxygen atoms in total. The zero-order chi connectivity index (χ0) is 15.5. The van der Waals surface area contributed by atoms with E-state index in [-0.39, 0.29) is 11.9 Å². The first-order chi connectivity index (χ1) is 10.6. The summed E-state index contributed by atoms with van der Waals surface area (Å²) >= 11 is 5.91. The smallest absolute Gasteiger partial charge is 0.306 e. The molecule has 2 aromatic carbocycles. The Morgan fingerprint density at radius 1 is 1.18 bits per heavy atom. The molecule has 0 aromatic heterocycles. The highest BCUT2D eigenvalue weighted by molar-refractivity contribution is 6.30. The average molecular weight is 314 g/mol. The number of anilines is 1. The first kappa shape index (κ1) is 14.6. The van der Waals surface area contributed by atoms with Crippen LogP contribution >= 0.6 is 11.6 Å². The van der Waals surface area contributed by atoms with Gasteiger partial charge in [0.1, 0.15) is 0 Å². The Labute approximate surface area is 134 Å². The van der Waals surface area contributed by atoms with Crippen molar-refractivity contribution >= 4 is 29.0 Å². The molecular formula is C17H16ClN3O. The molecule has 112 valence electrons. The summed E-state index contributed by atoms with van der Waals surface area (Å²) < 4.78 is 0. The molecule has 22 heavy (non-hydrogen) atoms. The first-order valence-corrected chi connectivity index (χ1v) is 7.49. The molecule has 1 unspecified atom stereocenters. The Balaban J connectivity index is 1.76. The van der Waals surface area contributed by atoms with E-state index in [9.17, 15) is 4.79 Å². The van der Waals surface area contributed by atoms with E-state index < -0.39 is 0 Å². The molecule has 5 heteroatoms. The molecule has 0 bridgehead atoms. The van der Waals surface area contributed by atoms with Gasteiger partial charge in [-0.25, -0.2) is 9.80 Å². The van der Waals surface area contributed by atoms with Gasteiger partial charge in [0.15, 0.2) is 0 Å². The van der Waals surface area contributed by atoms with Crippen molar-refractivity contribution < 1.29 is 4.79 Å². The number of nitrogens with zero attached hydrogens (tertiary/aromatic N) is 2. The normalized spacial score (nSPS) is 17.3. The Hall–Kier alpha value is -2.33. The van der Waals surface area contributed by atoms with E-state index in [0.717, 1.165) is 17.0 Å². The number of para-hydroxylation sites is 1. The van der Waals surface area contributed by atoms with Gasteiger partial charge >= 0.3 is 6.03 Å². The molecule has 3 rings (SSSR count). The number of hydrogen-bond acceptors (Lipinski definition) is 2. The lowest BCUT2D eigenvalue weighted by atomic mass is 10.00. The third-order valence-electron chi connectivity index (χ3n) is 3.54. The second kappa shape index (κ2) is 6.20. The highest BCUT2D eigenvalue weighted by Gasteiger charge is 2.27. The van der Waals surface area contributed by atoms with Gasteiger partial charge in [0.05, 0.1) is 12.3 Å². The van der Waals surface area contributed by atoms with Crippen molar-refractivity contribution in [1.82, 2.24) is 5.01 Å². The summed E-state index contributed by atoms with van der Waals surface area (Å²) in [4.78, 5) is 12.3. The van der Waals surface area contributed by atoms with Gasteiger partial charge in [-0.05, 0) is 29.8 Å². The summed E-state index contributed by atoms with van der Waals surface area (Å²) in [6.45, 7) is 2.62. The van der Waals surface area contributed by atoms with E-state index in [2.05, 4.69) is 17.3 Å². The highest BCUT2D eigenvalue weighted by Crippen LogP contribution is 2.21. The molecule has 0 saturated carbocycles. The van der Waals surface area contributed by atoms with Crippen LogP contribution in [0, 0.1) is 5.92 Å². The monoisotopic (exact) mass is 313 g/mol. The summed E-state index contributed by atoms with van der Waals surface area (Å²) in [6, 6.07) is 16.7. The zero-order valence-electron chi connectivity index (χ0n) is 12.2. The fourth-order valence-corrected chi connectivity index (χ4v) is 2.54. The Kier molecular flexibility index (Phi) is 4.11. The number of hydrazone groups is 1. The van der Waals surface area contributed by atoms with Crippen LogP contribution in [0.25, 0.3) is 0 Å². The maximum absolute atomic E-state index is 12.3. The van der Waals surface area contributed by atoms with Gasteiger partial charge in [-0.2, -0.15) is 5.10 Å². The molecule has 2 amide bonds. The van der Waals surface area contributed by atoms with Crippen molar-refractivity contribution in [2.24, 2.45) is 11.0 Å². The maximum atomic E-state index is 12.3. The average Bonchev–Trinajstić information content (AvgIpc) is 2.91. The highest BCUT2D eigenvalue weighted by atomic mass is 35.5.